The molecule has 1 unspecified atom stereocenters. The van der Waals surface area contributed by atoms with Gasteiger partial charge < -0.3 is 5.32 Å². The van der Waals surface area contributed by atoms with Crippen LogP contribution in [0.25, 0.3) is 11.0 Å². The van der Waals surface area contributed by atoms with Crippen LogP contribution in [0.4, 0.5) is 5.69 Å². The maximum atomic E-state index is 11.8. The zero-order chi connectivity index (χ0) is 12.4. The van der Waals surface area contributed by atoms with Crippen LogP contribution in [0.15, 0.2) is 12.1 Å². The van der Waals surface area contributed by atoms with Crippen molar-refractivity contribution in [3.05, 3.63) is 17.2 Å². The molecule has 0 bridgehead atoms. The highest BCUT2D eigenvalue weighted by atomic mass is 79.9. The number of hydrogen-bond acceptors (Lipinski definition) is 4. The third-order valence-electron chi connectivity index (χ3n) is 2.27. The first kappa shape index (κ1) is 12.7. The van der Waals surface area contributed by atoms with Crippen LogP contribution in [0, 0.1) is 0 Å². The number of carbonyl (C=O) groups excluding carboxylic acids is 1. The Morgan fingerprint density at radius 3 is 3.06 bits per heavy atom. The lowest BCUT2D eigenvalue weighted by Crippen LogP contribution is -2.22. The molecule has 17 heavy (non-hydrogen) atoms. The molecule has 0 aliphatic rings. The molecule has 2 aromatic rings. The number of anilines is 1. The van der Waals surface area contributed by atoms with Crippen molar-refractivity contribution < 1.29 is 4.79 Å². The van der Waals surface area contributed by atoms with Crippen molar-refractivity contribution in [2.24, 2.45) is 0 Å². The largest absolute Gasteiger partial charge is 0.322 e. The van der Waals surface area contributed by atoms with Gasteiger partial charge in [-0.3, -0.25) is 4.79 Å². The van der Waals surface area contributed by atoms with Crippen molar-refractivity contribution in [2.45, 2.75) is 18.2 Å². The van der Waals surface area contributed by atoms with E-state index in [2.05, 4.69) is 30.0 Å². The second kappa shape index (κ2) is 5.29. The van der Waals surface area contributed by atoms with Gasteiger partial charge in [-0.25, -0.2) is 0 Å². The standard InChI is InChI=1S/C10H9BrClN3OS/c1-2-5(11)10(16)13-8-6(12)3-4-7-9(8)15-17-14-7/h3-5H,2H2,1H3,(H,13,16). The fourth-order valence-electron chi connectivity index (χ4n) is 1.33. The predicted molar refractivity (Wildman–Crippen MR) is 74.1 cm³/mol. The number of halogens is 2. The number of carbonyl (C=O) groups is 1. The minimum Gasteiger partial charge on any atom is -0.322 e. The average molecular weight is 335 g/mol. The minimum atomic E-state index is -0.236. The second-order valence-corrected chi connectivity index (χ2v) is 5.46. The van der Waals surface area contributed by atoms with E-state index in [4.69, 9.17) is 11.6 Å². The van der Waals surface area contributed by atoms with Gasteiger partial charge in [-0.1, -0.05) is 34.5 Å². The minimum absolute atomic E-state index is 0.130. The van der Waals surface area contributed by atoms with Gasteiger partial charge in [0.05, 0.1) is 27.3 Å². The Morgan fingerprint density at radius 2 is 2.35 bits per heavy atom. The Balaban J connectivity index is 2.37. The molecule has 7 heteroatoms. The number of rotatable bonds is 3. The molecular formula is C10H9BrClN3OS. The summed E-state index contributed by atoms with van der Waals surface area (Å²) < 4.78 is 8.24. The lowest BCUT2D eigenvalue weighted by Gasteiger charge is -2.10. The first-order valence-electron chi connectivity index (χ1n) is 4.99. The van der Waals surface area contributed by atoms with Gasteiger partial charge >= 0.3 is 0 Å². The van der Waals surface area contributed by atoms with Crippen LogP contribution in [0.5, 0.6) is 0 Å². The van der Waals surface area contributed by atoms with Gasteiger partial charge in [0, 0.05) is 0 Å². The number of benzene rings is 1. The third-order valence-corrected chi connectivity index (χ3v) is 4.19. The number of nitrogens with one attached hydrogen (secondary N) is 1. The third kappa shape index (κ3) is 2.59. The molecule has 90 valence electrons. The number of amides is 1. The molecule has 1 amide bonds. The van der Waals surface area contributed by atoms with Crippen LogP contribution in [-0.2, 0) is 4.79 Å². The summed E-state index contributed by atoms with van der Waals surface area (Å²) in [4.78, 5) is 11.6. The highest BCUT2D eigenvalue weighted by molar-refractivity contribution is 9.10. The van der Waals surface area contributed by atoms with Crippen LogP contribution >= 0.6 is 39.3 Å². The molecule has 4 nitrogen and oxygen atoms in total. The van der Waals surface area contributed by atoms with E-state index >= 15 is 0 Å². The van der Waals surface area contributed by atoms with Crippen LogP contribution in [-0.4, -0.2) is 19.5 Å². The van der Waals surface area contributed by atoms with Gasteiger partial charge in [0.15, 0.2) is 0 Å². The Bertz CT molecular complexity index is 559. The smallest absolute Gasteiger partial charge is 0.238 e. The molecule has 0 spiro atoms. The van der Waals surface area contributed by atoms with E-state index in [0.717, 1.165) is 17.2 Å². The molecule has 1 aromatic heterocycles. The predicted octanol–water partition coefficient (Wildman–Crippen LogP) is 3.46. The summed E-state index contributed by atoms with van der Waals surface area (Å²) in [5.74, 6) is -0.130. The Kier molecular flexibility index (Phi) is 3.96. The number of alkyl halides is 1. The van der Waals surface area contributed by atoms with Crippen LogP contribution in [0.3, 0.4) is 0 Å². The lowest BCUT2D eigenvalue weighted by molar-refractivity contribution is -0.115. The molecule has 0 radical (unpaired) electrons. The first-order valence-corrected chi connectivity index (χ1v) is 7.01. The van der Waals surface area contributed by atoms with Gasteiger partial charge in [0.25, 0.3) is 0 Å². The van der Waals surface area contributed by atoms with Crippen LogP contribution < -0.4 is 5.32 Å². The molecule has 1 aromatic carbocycles. The van der Waals surface area contributed by atoms with Crippen molar-refractivity contribution in [1.29, 1.82) is 0 Å². The number of nitrogens with zero attached hydrogens (tertiary/aromatic N) is 2. The summed E-state index contributed by atoms with van der Waals surface area (Å²) in [7, 11) is 0. The summed E-state index contributed by atoms with van der Waals surface area (Å²) in [6, 6.07) is 3.48. The summed E-state index contributed by atoms with van der Waals surface area (Å²) in [5.41, 5.74) is 1.89. The van der Waals surface area contributed by atoms with E-state index in [1.165, 1.54) is 0 Å². The maximum Gasteiger partial charge on any atom is 0.238 e. The van der Waals surface area contributed by atoms with Crippen molar-refractivity contribution in [3.63, 3.8) is 0 Å². The molecule has 0 aliphatic heterocycles. The van der Waals surface area contributed by atoms with E-state index in [-0.39, 0.29) is 10.7 Å². The normalized spacial score (nSPS) is 12.6. The summed E-state index contributed by atoms with van der Waals surface area (Å²) in [5, 5.41) is 3.24. The highest BCUT2D eigenvalue weighted by Crippen LogP contribution is 2.30. The van der Waals surface area contributed by atoms with Gasteiger partial charge in [-0.15, -0.1) is 0 Å². The van der Waals surface area contributed by atoms with Crippen molar-refractivity contribution in [1.82, 2.24) is 8.75 Å². The summed E-state index contributed by atoms with van der Waals surface area (Å²) >= 11 is 10.4. The van der Waals surface area contributed by atoms with Crippen molar-refractivity contribution >= 4 is 61.9 Å². The second-order valence-electron chi connectivity index (χ2n) is 3.42. The lowest BCUT2D eigenvalue weighted by atomic mass is 10.2. The highest BCUT2D eigenvalue weighted by Gasteiger charge is 2.17. The summed E-state index contributed by atoms with van der Waals surface area (Å²) in [6.07, 6.45) is 0.703. The SMILES string of the molecule is CCC(Br)C(=O)Nc1c(Cl)ccc2nsnc12. The zero-order valence-corrected chi connectivity index (χ0v) is 12.1. The fourth-order valence-corrected chi connectivity index (χ4v) is 2.19. The van der Waals surface area contributed by atoms with E-state index in [9.17, 15) is 4.79 Å². The molecule has 2 rings (SSSR count). The van der Waals surface area contributed by atoms with Gasteiger partial charge in [-0.2, -0.15) is 8.75 Å². The molecule has 0 aliphatic carbocycles. The van der Waals surface area contributed by atoms with Crippen molar-refractivity contribution in [2.75, 3.05) is 5.32 Å². The Hall–Kier alpha value is -0.720. The summed E-state index contributed by atoms with van der Waals surface area (Å²) in [6.45, 7) is 1.92. The van der Waals surface area contributed by atoms with E-state index in [0.29, 0.717) is 22.6 Å². The molecule has 0 saturated heterocycles. The Labute approximate surface area is 116 Å². The van der Waals surface area contributed by atoms with Crippen LogP contribution in [0.2, 0.25) is 5.02 Å². The van der Waals surface area contributed by atoms with Gasteiger partial charge in [0.2, 0.25) is 5.91 Å². The molecule has 0 saturated carbocycles. The zero-order valence-electron chi connectivity index (χ0n) is 8.91. The monoisotopic (exact) mass is 333 g/mol. The number of fused-ring (bicyclic) bond motifs is 1. The van der Waals surface area contributed by atoms with Gasteiger partial charge in [-0.05, 0) is 18.6 Å². The molecular weight excluding hydrogens is 326 g/mol. The Morgan fingerprint density at radius 1 is 1.59 bits per heavy atom. The average Bonchev–Trinajstić information content (AvgIpc) is 2.80. The van der Waals surface area contributed by atoms with E-state index in [1.807, 2.05) is 6.92 Å². The molecule has 0 fully saturated rings. The number of aromatic nitrogens is 2. The maximum absolute atomic E-state index is 11.8. The molecule has 1 heterocycles. The topological polar surface area (TPSA) is 54.9 Å². The van der Waals surface area contributed by atoms with Crippen LogP contribution in [0.1, 0.15) is 13.3 Å². The number of hydrogen-bond donors (Lipinski definition) is 1. The molecule has 1 N–H and O–H groups in total. The van der Waals surface area contributed by atoms with Gasteiger partial charge in [0.1, 0.15) is 11.0 Å². The van der Waals surface area contributed by atoms with E-state index < -0.39 is 0 Å². The van der Waals surface area contributed by atoms with Crippen molar-refractivity contribution in [3.8, 4) is 0 Å². The molecule has 1 atom stereocenters. The fraction of sp³-hybridized carbons (Fsp3) is 0.300. The quantitative estimate of drug-likeness (QED) is 0.875. The van der Waals surface area contributed by atoms with E-state index in [1.54, 1.807) is 12.1 Å². The first-order chi connectivity index (χ1) is 8.13.